The van der Waals surface area contributed by atoms with Crippen LogP contribution in [-0.2, 0) is 13.0 Å². The molecule has 0 unspecified atom stereocenters. The first-order chi connectivity index (χ1) is 9.74. The lowest BCUT2D eigenvalue weighted by Gasteiger charge is -2.11. The molecule has 4 nitrogen and oxygen atoms in total. The second kappa shape index (κ2) is 7.42. The molecule has 0 bridgehead atoms. The lowest BCUT2D eigenvalue weighted by Crippen LogP contribution is -2.09. The summed E-state index contributed by atoms with van der Waals surface area (Å²) in [4.78, 5) is 9.10. The summed E-state index contributed by atoms with van der Waals surface area (Å²) in [6.45, 7) is 2.53. The Labute approximate surface area is 133 Å². The summed E-state index contributed by atoms with van der Waals surface area (Å²) in [6.07, 6.45) is 2.02. The molecule has 0 spiro atoms. The Bertz CT molecular complexity index is 561. The first-order valence-corrected chi connectivity index (χ1v) is 7.73. The van der Waals surface area contributed by atoms with Crippen LogP contribution in [-0.4, -0.2) is 17.0 Å². The summed E-state index contributed by atoms with van der Waals surface area (Å²) in [5.74, 6) is 2.41. The minimum absolute atomic E-state index is 0.381. The standard InChI is InChI=1S/C15H18IN3O/c1-3-7-12-14(16)15(17-2)19-13(18-12)10-20-11-8-5-4-6-9-11/h4-6,8-9H,3,7,10H2,1-2H3,(H,17,18,19). The zero-order valence-corrected chi connectivity index (χ0v) is 13.8. The van der Waals surface area contributed by atoms with Crippen molar-refractivity contribution in [1.29, 1.82) is 0 Å². The number of halogens is 1. The second-order valence-electron chi connectivity index (χ2n) is 4.35. The molecule has 0 saturated heterocycles. The van der Waals surface area contributed by atoms with E-state index < -0.39 is 0 Å². The third kappa shape index (κ3) is 3.82. The van der Waals surface area contributed by atoms with Crippen molar-refractivity contribution in [3.05, 3.63) is 45.4 Å². The van der Waals surface area contributed by atoms with E-state index in [2.05, 4.69) is 44.8 Å². The van der Waals surface area contributed by atoms with Crippen LogP contribution >= 0.6 is 22.6 Å². The number of rotatable bonds is 6. The fourth-order valence-corrected chi connectivity index (χ4v) is 2.62. The van der Waals surface area contributed by atoms with E-state index in [1.54, 1.807) is 0 Å². The van der Waals surface area contributed by atoms with Crippen LogP contribution in [0.4, 0.5) is 5.82 Å². The predicted octanol–water partition coefficient (Wildman–Crippen LogP) is 3.65. The number of aryl methyl sites for hydroxylation is 1. The van der Waals surface area contributed by atoms with Gasteiger partial charge in [-0.1, -0.05) is 31.5 Å². The van der Waals surface area contributed by atoms with E-state index >= 15 is 0 Å². The highest BCUT2D eigenvalue weighted by atomic mass is 127. The summed E-state index contributed by atoms with van der Waals surface area (Å²) >= 11 is 2.29. The lowest BCUT2D eigenvalue weighted by atomic mass is 10.2. The Hall–Kier alpha value is -1.37. The molecule has 0 saturated carbocycles. The third-order valence-electron chi connectivity index (χ3n) is 2.80. The number of benzene rings is 1. The lowest BCUT2D eigenvalue weighted by molar-refractivity contribution is 0.295. The van der Waals surface area contributed by atoms with Gasteiger partial charge in [0.15, 0.2) is 5.82 Å². The summed E-state index contributed by atoms with van der Waals surface area (Å²) < 4.78 is 6.80. The summed E-state index contributed by atoms with van der Waals surface area (Å²) in [5.41, 5.74) is 1.08. The zero-order valence-electron chi connectivity index (χ0n) is 11.7. The van der Waals surface area contributed by atoms with Crippen LogP contribution < -0.4 is 10.1 Å². The smallest absolute Gasteiger partial charge is 0.168 e. The van der Waals surface area contributed by atoms with Crippen molar-refractivity contribution < 1.29 is 4.74 Å². The van der Waals surface area contributed by atoms with Crippen molar-refractivity contribution in [2.24, 2.45) is 0 Å². The molecule has 0 fully saturated rings. The monoisotopic (exact) mass is 383 g/mol. The molecule has 0 aliphatic rings. The molecule has 1 N–H and O–H groups in total. The molecule has 106 valence electrons. The van der Waals surface area contributed by atoms with Gasteiger partial charge in [0, 0.05) is 7.05 Å². The minimum Gasteiger partial charge on any atom is -0.486 e. The van der Waals surface area contributed by atoms with E-state index in [9.17, 15) is 0 Å². The number of anilines is 1. The number of hydrogen-bond donors (Lipinski definition) is 1. The summed E-state index contributed by atoms with van der Waals surface area (Å²) in [6, 6.07) is 9.72. The zero-order chi connectivity index (χ0) is 14.4. The molecule has 0 amide bonds. The van der Waals surface area contributed by atoms with Crippen LogP contribution in [0.1, 0.15) is 24.9 Å². The average Bonchev–Trinajstić information content (AvgIpc) is 2.49. The minimum atomic E-state index is 0.381. The fraction of sp³-hybridized carbons (Fsp3) is 0.333. The number of aromatic nitrogens is 2. The number of hydrogen-bond acceptors (Lipinski definition) is 4. The maximum absolute atomic E-state index is 5.71. The molecule has 0 aliphatic carbocycles. The van der Waals surface area contributed by atoms with Gasteiger partial charge in [-0.15, -0.1) is 0 Å². The summed E-state index contributed by atoms with van der Waals surface area (Å²) in [5, 5.41) is 3.12. The Kier molecular flexibility index (Phi) is 5.58. The molecule has 0 radical (unpaired) electrons. The van der Waals surface area contributed by atoms with Gasteiger partial charge in [-0.2, -0.15) is 0 Å². The highest BCUT2D eigenvalue weighted by Crippen LogP contribution is 2.20. The first kappa shape index (κ1) is 15.0. The topological polar surface area (TPSA) is 47.0 Å². The summed E-state index contributed by atoms with van der Waals surface area (Å²) in [7, 11) is 1.88. The van der Waals surface area contributed by atoms with Crippen molar-refractivity contribution in [1.82, 2.24) is 9.97 Å². The highest BCUT2D eigenvalue weighted by molar-refractivity contribution is 14.1. The van der Waals surface area contributed by atoms with Gasteiger partial charge in [-0.05, 0) is 41.1 Å². The molecule has 1 aromatic carbocycles. The van der Waals surface area contributed by atoms with Gasteiger partial charge in [0.1, 0.15) is 18.2 Å². The highest BCUT2D eigenvalue weighted by Gasteiger charge is 2.11. The van der Waals surface area contributed by atoms with Gasteiger partial charge in [-0.25, -0.2) is 9.97 Å². The van der Waals surface area contributed by atoms with Crippen LogP contribution in [0.3, 0.4) is 0 Å². The Morgan fingerprint density at radius 1 is 1.20 bits per heavy atom. The maximum atomic E-state index is 5.71. The molecule has 0 atom stereocenters. The SMILES string of the molecule is CCCc1nc(COc2ccccc2)nc(NC)c1I. The van der Waals surface area contributed by atoms with Crippen molar-refractivity contribution in [3.63, 3.8) is 0 Å². The van der Waals surface area contributed by atoms with E-state index in [1.807, 2.05) is 37.4 Å². The average molecular weight is 383 g/mol. The van der Waals surface area contributed by atoms with E-state index in [0.29, 0.717) is 12.4 Å². The van der Waals surface area contributed by atoms with Gasteiger partial charge in [0.05, 0.1) is 9.26 Å². The van der Waals surface area contributed by atoms with Gasteiger partial charge >= 0.3 is 0 Å². The normalized spacial score (nSPS) is 10.3. The van der Waals surface area contributed by atoms with Crippen LogP contribution in [0.15, 0.2) is 30.3 Å². The molecule has 1 heterocycles. The molecule has 20 heavy (non-hydrogen) atoms. The molecule has 2 rings (SSSR count). The Balaban J connectivity index is 2.16. The number of nitrogens with zero attached hydrogens (tertiary/aromatic N) is 2. The molecule has 2 aromatic rings. The van der Waals surface area contributed by atoms with Crippen LogP contribution in [0.2, 0.25) is 0 Å². The third-order valence-corrected chi connectivity index (χ3v) is 3.93. The fourth-order valence-electron chi connectivity index (χ4n) is 1.84. The maximum Gasteiger partial charge on any atom is 0.168 e. The molecule has 5 heteroatoms. The molecular weight excluding hydrogens is 365 g/mol. The van der Waals surface area contributed by atoms with Crippen molar-refractivity contribution in [3.8, 4) is 5.75 Å². The predicted molar refractivity (Wildman–Crippen MR) is 89.1 cm³/mol. The van der Waals surface area contributed by atoms with E-state index in [-0.39, 0.29) is 0 Å². The van der Waals surface area contributed by atoms with Crippen molar-refractivity contribution in [2.75, 3.05) is 12.4 Å². The Morgan fingerprint density at radius 2 is 1.95 bits per heavy atom. The number of nitrogens with one attached hydrogen (secondary N) is 1. The van der Waals surface area contributed by atoms with Gasteiger partial charge < -0.3 is 10.1 Å². The number of para-hydroxylation sites is 1. The van der Waals surface area contributed by atoms with Crippen LogP contribution in [0, 0.1) is 3.57 Å². The van der Waals surface area contributed by atoms with Crippen molar-refractivity contribution >= 4 is 28.4 Å². The van der Waals surface area contributed by atoms with E-state index in [4.69, 9.17) is 4.74 Å². The van der Waals surface area contributed by atoms with Gasteiger partial charge in [-0.3, -0.25) is 0 Å². The molecule has 0 aliphatic heterocycles. The van der Waals surface area contributed by atoms with Gasteiger partial charge in [0.25, 0.3) is 0 Å². The second-order valence-corrected chi connectivity index (χ2v) is 5.43. The quantitative estimate of drug-likeness (QED) is 0.774. The van der Waals surface area contributed by atoms with Crippen LogP contribution in [0.25, 0.3) is 0 Å². The van der Waals surface area contributed by atoms with Crippen LogP contribution in [0.5, 0.6) is 5.75 Å². The van der Waals surface area contributed by atoms with E-state index in [0.717, 1.165) is 33.7 Å². The van der Waals surface area contributed by atoms with Crippen molar-refractivity contribution in [2.45, 2.75) is 26.4 Å². The van der Waals surface area contributed by atoms with Gasteiger partial charge in [0.2, 0.25) is 0 Å². The number of ether oxygens (including phenoxy) is 1. The largest absolute Gasteiger partial charge is 0.486 e. The first-order valence-electron chi connectivity index (χ1n) is 6.65. The van der Waals surface area contributed by atoms with E-state index in [1.165, 1.54) is 0 Å². The molecule has 1 aromatic heterocycles. The Morgan fingerprint density at radius 3 is 2.60 bits per heavy atom. The molecular formula is C15H18IN3O.